The number of esters is 1. The van der Waals surface area contributed by atoms with Crippen molar-refractivity contribution in [3.8, 4) is 0 Å². The fourth-order valence-electron chi connectivity index (χ4n) is 4.51. The van der Waals surface area contributed by atoms with Crippen molar-refractivity contribution in [2.24, 2.45) is 5.41 Å². The number of hydrogen-bond donors (Lipinski definition) is 0. The Balaban J connectivity index is 1.64. The van der Waals surface area contributed by atoms with Crippen molar-refractivity contribution in [3.05, 3.63) is 0 Å². The molecule has 0 spiro atoms. The second-order valence-electron chi connectivity index (χ2n) is 12.1. The van der Waals surface area contributed by atoms with Gasteiger partial charge in [0.15, 0.2) is 0 Å². The Hall–Kier alpha value is 0.540. The van der Waals surface area contributed by atoms with Crippen molar-refractivity contribution in [3.63, 3.8) is 0 Å². The molecule has 0 aromatic rings. The van der Waals surface area contributed by atoms with Gasteiger partial charge in [-0.2, -0.15) is 0 Å². The highest BCUT2D eigenvalue weighted by Gasteiger charge is 2.40. The van der Waals surface area contributed by atoms with Gasteiger partial charge in [0.05, 0.1) is 0 Å². The Morgan fingerprint density at radius 3 is 2.15 bits per heavy atom. The molecule has 2 saturated heterocycles. The van der Waals surface area contributed by atoms with Crippen LogP contribution in [0.1, 0.15) is 119 Å². The molecule has 0 N–H and O–H groups in total. The van der Waals surface area contributed by atoms with Crippen LogP contribution in [0, 0.1) is 5.41 Å². The topological polar surface area (TPSA) is 43.4 Å². The Labute approximate surface area is 219 Å². The lowest BCUT2D eigenvalue weighted by molar-refractivity contribution is -0.157. The lowest BCUT2D eigenvalue weighted by Crippen LogP contribution is -2.32. The minimum absolute atomic E-state index is 0.0412. The van der Waals surface area contributed by atoms with Crippen LogP contribution in [0.15, 0.2) is 0 Å². The molecule has 2 aliphatic heterocycles. The summed E-state index contributed by atoms with van der Waals surface area (Å²) < 4.78 is 6.57. The molecule has 1 unspecified atom stereocenters. The van der Waals surface area contributed by atoms with E-state index in [0.29, 0.717) is 28.6 Å². The Morgan fingerprint density at radius 2 is 1.55 bits per heavy atom. The molecule has 2 aliphatic rings. The molecule has 2 rings (SSSR count). The van der Waals surface area contributed by atoms with Gasteiger partial charge in [0.1, 0.15) is 11.4 Å². The number of Topliss-reactive ketones (excluding diaryl/α,β-unsaturated/α-hetero) is 1. The molecule has 7 heteroatoms. The van der Waals surface area contributed by atoms with Crippen molar-refractivity contribution in [1.82, 2.24) is 0 Å². The number of hydrogen-bond acceptors (Lipinski definition) is 7. The van der Waals surface area contributed by atoms with Crippen LogP contribution in [0.25, 0.3) is 0 Å². The summed E-state index contributed by atoms with van der Waals surface area (Å²) in [6.45, 7) is 14.9. The molecule has 192 valence electrons. The number of carbonyl (C=O) groups is 2. The zero-order valence-corrected chi connectivity index (χ0v) is 25.2. The van der Waals surface area contributed by atoms with Gasteiger partial charge in [0, 0.05) is 38.8 Å². The normalized spacial score (nSPS) is 28.3. The minimum Gasteiger partial charge on any atom is -0.460 e. The summed E-state index contributed by atoms with van der Waals surface area (Å²) in [5.41, 5.74) is -0.633. The largest absolute Gasteiger partial charge is 0.460 e. The number of ketones is 1. The molecule has 0 saturated carbocycles. The molecule has 0 aromatic heterocycles. The van der Waals surface area contributed by atoms with Crippen LogP contribution >= 0.6 is 43.2 Å². The van der Waals surface area contributed by atoms with E-state index in [1.54, 1.807) is 0 Å². The predicted octanol–water partition coefficient (Wildman–Crippen LogP) is 8.89. The summed E-state index contributed by atoms with van der Waals surface area (Å²) in [6, 6.07) is 0. The van der Waals surface area contributed by atoms with Gasteiger partial charge >= 0.3 is 5.97 Å². The third kappa shape index (κ3) is 11.0. The van der Waals surface area contributed by atoms with Crippen molar-refractivity contribution in [2.75, 3.05) is 5.75 Å². The number of carbonyl (C=O) groups excluding carboxylic acids is 2. The molecule has 0 bridgehead atoms. The van der Waals surface area contributed by atoms with Crippen molar-refractivity contribution in [2.45, 2.75) is 139 Å². The van der Waals surface area contributed by atoms with E-state index >= 15 is 0 Å². The van der Waals surface area contributed by atoms with Crippen LogP contribution in [-0.2, 0) is 14.3 Å². The molecule has 0 radical (unpaired) electrons. The number of unbranched alkanes of at least 4 members (excludes halogenated alkanes) is 2. The molecule has 2 fully saturated rings. The maximum absolute atomic E-state index is 12.5. The second-order valence-corrected chi connectivity index (χ2v) is 18.2. The Bertz CT molecular complexity index is 652. The maximum Gasteiger partial charge on any atom is 0.306 e. The van der Waals surface area contributed by atoms with E-state index in [2.05, 4.69) is 27.7 Å². The molecule has 0 amide bonds. The second kappa shape index (κ2) is 12.7. The third-order valence-electron chi connectivity index (χ3n) is 6.66. The first-order valence-electron chi connectivity index (χ1n) is 12.6. The highest BCUT2D eigenvalue weighted by Crippen LogP contribution is 2.55. The maximum atomic E-state index is 12.5. The zero-order chi connectivity index (χ0) is 24.8. The summed E-state index contributed by atoms with van der Waals surface area (Å²) in [5.74, 6) is 1.58. The molecule has 3 atom stereocenters. The van der Waals surface area contributed by atoms with Gasteiger partial charge in [0.2, 0.25) is 0 Å². The quantitative estimate of drug-likeness (QED) is 0.133. The molecular weight excluding hydrogens is 489 g/mol. The van der Waals surface area contributed by atoms with Gasteiger partial charge in [-0.1, -0.05) is 76.8 Å². The summed E-state index contributed by atoms with van der Waals surface area (Å²) in [4.78, 5) is 24.6. The van der Waals surface area contributed by atoms with Crippen molar-refractivity contribution < 1.29 is 14.3 Å². The average Bonchev–Trinajstić information content (AvgIpc) is 3.27. The lowest BCUT2D eigenvalue weighted by atomic mass is 9.87. The van der Waals surface area contributed by atoms with Gasteiger partial charge < -0.3 is 4.74 Å². The zero-order valence-electron chi connectivity index (χ0n) is 21.9. The van der Waals surface area contributed by atoms with Gasteiger partial charge in [0.25, 0.3) is 0 Å². The van der Waals surface area contributed by atoms with Crippen LogP contribution in [0.2, 0.25) is 0 Å². The van der Waals surface area contributed by atoms with E-state index in [1.165, 1.54) is 18.6 Å². The van der Waals surface area contributed by atoms with Crippen LogP contribution in [-0.4, -0.2) is 37.9 Å². The van der Waals surface area contributed by atoms with Gasteiger partial charge in [-0.05, 0) is 72.6 Å². The number of ether oxygens (including phenoxy) is 1. The van der Waals surface area contributed by atoms with E-state index in [-0.39, 0.29) is 16.1 Å². The molecule has 0 aromatic carbocycles. The molecule has 0 aliphatic carbocycles. The number of rotatable bonds is 13. The molecule has 33 heavy (non-hydrogen) atoms. The predicted molar refractivity (Wildman–Crippen MR) is 151 cm³/mol. The summed E-state index contributed by atoms with van der Waals surface area (Å²) in [6.07, 6.45) is 11.0. The van der Waals surface area contributed by atoms with Gasteiger partial charge in [-0.15, -0.1) is 0 Å². The van der Waals surface area contributed by atoms with Crippen molar-refractivity contribution >= 4 is 54.9 Å². The molecule has 3 nitrogen and oxygen atoms in total. The minimum atomic E-state index is -0.413. The van der Waals surface area contributed by atoms with Gasteiger partial charge in [-0.3, -0.25) is 9.59 Å². The third-order valence-corrected chi connectivity index (χ3v) is 13.8. The summed E-state index contributed by atoms with van der Waals surface area (Å²) >= 11 is 0. The lowest BCUT2D eigenvalue weighted by Gasteiger charge is -2.28. The summed E-state index contributed by atoms with van der Waals surface area (Å²) in [5, 5.41) is 0.510. The SMILES string of the molecule is CC(C)(CC1C[C@@](C)(CCCCC(=O)C(C)(C)C)SS1)OC(=O)CCCC[C@]1(C)CCSS1. The Morgan fingerprint density at radius 1 is 0.909 bits per heavy atom. The molecular formula is C26H46O3S4. The van der Waals surface area contributed by atoms with E-state index in [1.807, 2.05) is 63.9 Å². The first-order chi connectivity index (χ1) is 15.2. The average molecular weight is 535 g/mol. The fraction of sp³-hybridized carbons (Fsp3) is 0.923. The smallest absolute Gasteiger partial charge is 0.306 e. The molecule has 2 heterocycles. The van der Waals surface area contributed by atoms with Crippen LogP contribution in [0.4, 0.5) is 0 Å². The monoisotopic (exact) mass is 534 g/mol. The van der Waals surface area contributed by atoms with Crippen LogP contribution in [0.3, 0.4) is 0 Å². The van der Waals surface area contributed by atoms with E-state index in [9.17, 15) is 9.59 Å². The first-order valence-corrected chi connectivity index (χ1v) is 17.2. The highest BCUT2D eigenvalue weighted by molar-refractivity contribution is 8.78. The standard InChI is InChI=1S/C26H46O3S4/c1-23(2,3)21(27)12-8-10-15-26(7)19-20(31-33-26)18-24(4,5)29-22(28)13-9-11-14-25(6)16-17-30-32-25/h20H,8-19H2,1-7H3/t20?,25-,26-/m1/s1. The van der Waals surface area contributed by atoms with E-state index in [0.717, 1.165) is 44.9 Å². The fourth-order valence-corrected chi connectivity index (χ4v) is 11.7. The Kier molecular flexibility index (Phi) is 11.4. The van der Waals surface area contributed by atoms with Crippen LogP contribution in [0.5, 0.6) is 0 Å². The highest BCUT2D eigenvalue weighted by atomic mass is 33.1. The first kappa shape index (κ1) is 29.8. The van der Waals surface area contributed by atoms with Gasteiger partial charge in [-0.25, -0.2) is 0 Å². The summed E-state index contributed by atoms with van der Waals surface area (Å²) in [7, 11) is 7.96. The van der Waals surface area contributed by atoms with Crippen molar-refractivity contribution in [1.29, 1.82) is 0 Å². The van der Waals surface area contributed by atoms with Crippen LogP contribution < -0.4 is 0 Å². The van der Waals surface area contributed by atoms with E-state index in [4.69, 9.17) is 4.74 Å². The van der Waals surface area contributed by atoms with E-state index < -0.39 is 5.60 Å².